The van der Waals surface area contributed by atoms with Crippen molar-refractivity contribution in [2.24, 2.45) is 0 Å². The van der Waals surface area contributed by atoms with Gasteiger partial charge in [-0.3, -0.25) is 4.79 Å². The van der Waals surface area contributed by atoms with Crippen molar-refractivity contribution in [3.63, 3.8) is 0 Å². The normalized spacial score (nSPS) is 12.4. The largest absolute Gasteiger partial charge is 0.466 e. The minimum atomic E-state index is -0.156. The van der Waals surface area contributed by atoms with Gasteiger partial charge < -0.3 is 4.74 Å². The molecule has 78 valence electrons. The van der Waals surface area contributed by atoms with Gasteiger partial charge in [0.2, 0.25) is 0 Å². The topological polar surface area (TPSA) is 52.1 Å². The highest BCUT2D eigenvalue weighted by Crippen LogP contribution is 2.25. The van der Waals surface area contributed by atoms with Crippen molar-refractivity contribution in [3.05, 3.63) is 6.33 Å². The maximum absolute atomic E-state index is 11.1. The zero-order chi connectivity index (χ0) is 10.4. The maximum Gasteiger partial charge on any atom is 0.306 e. The summed E-state index contributed by atoms with van der Waals surface area (Å²) in [5.74, 6) is -0.156. The van der Waals surface area contributed by atoms with Gasteiger partial charge in [-0.15, -0.1) is 0 Å². The standard InChI is InChI=1S/C8H12N2O2S2/c1-3-12-7(11)4-6(2)13-8-9-5-10-14-8/h5-6H,3-4H2,1-2H3. The van der Waals surface area contributed by atoms with Crippen LogP contribution in [0.4, 0.5) is 0 Å². The summed E-state index contributed by atoms with van der Waals surface area (Å²) < 4.78 is 9.62. The minimum absolute atomic E-state index is 0.156. The summed E-state index contributed by atoms with van der Waals surface area (Å²) in [5, 5.41) is 0.182. The highest BCUT2D eigenvalue weighted by Gasteiger charge is 2.12. The van der Waals surface area contributed by atoms with Crippen LogP contribution in [0.15, 0.2) is 10.7 Å². The van der Waals surface area contributed by atoms with Crippen molar-refractivity contribution >= 4 is 29.3 Å². The molecular formula is C8H12N2O2S2. The molecule has 0 aliphatic rings. The van der Waals surface area contributed by atoms with E-state index in [1.54, 1.807) is 18.7 Å². The fraction of sp³-hybridized carbons (Fsp3) is 0.625. The van der Waals surface area contributed by atoms with E-state index in [4.69, 9.17) is 4.74 Å². The lowest BCUT2D eigenvalue weighted by Crippen LogP contribution is -2.10. The quantitative estimate of drug-likeness (QED) is 0.574. The lowest BCUT2D eigenvalue weighted by molar-refractivity contribution is -0.142. The molecule has 0 saturated heterocycles. The first kappa shape index (κ1) is 11.5. The second-order valence-corrected chi connectivity index (χ2v) is 5.11. The van der Waals surface area contributed by atoms with E-state index in [2.05, 4.69) is 9.36 Å². The highest BCUT2D eigenvalue weighted by molar-refractivity contribution is 8.01. The number of carbonyl (C=O) groups is 1. The van der Waals surface area contributed by atoms with Gasteiger partial charge in [0, 0.05) is 5.25 Å². The third-order valence-electron chi connectivity index (χ3n) is 1.40. The molecule has 0 amide bonds. The Hall–Kier alpha value is -0.620. The Balaban J connectivity index is 2.29. The predicted octanol–water partition coefficient (Wildman–Crippen LogP) is 1.97. The van der Waals surface area contributed by atoms with Gasteiger partial charge in [-0.05, 0) is 18.5 Å². The number of aromatic nitrogens is 2. The van der Waals surface area contributed by atoms with Crippen LogP contribution in [0.2, 0.25) is 0 Å². The minimum Gasteiger partial charge on any atom is -0.466 e. The lowest BCUT2D eigenvalue weighted by atomic mass is 10.3. The number of hydrogen-bond donors (Lipinski definition) is 0. The highest BCUT2D eigenvalue weighted by atomic mass is 32.2. The molecule has 0 aliphatic carbocycles. The van der Waals surface area contributed by atoms with Crippen LogP contribution in [-0.2, 0) is 9.53 Å². The Morgan fingerprint density at radius 2 is 2.57 bits per heavy atom. The van der Waals surface area contributed by atoms with Gasteiger partial charge in [0.25, 0.3) is 0 Å². The van der Waals surface area contributed by atoms with Crippen LogP contribution in [0.3, 0.4) is 0 Å². The number of carbonyl (C=O) groups excluding carboxylic acids is 1. The van der Waals surface area contributed by atoms with Gasteiger partial charge in [0.15, 0.2) is 4.34 Å². The number of hydrogen-bond acceptors (Lipinski definition) is 6. The Morgan fingerprint density at radius 1 is 1.79 bits per heavy atom. The summed E-state index contributed by atoms with van der Waals surface area (Å²) in [4.78, 5) is 15.1. The summed E-state index contributed by atoms with van der Waals surface area (Å²) in [6, 6.07) is 0. The van der Waals surface area contributed by atoms with Gasteiger partial charge in [-0.2, -0.15) is 4.37 Å². The molecule has 14 heavy (non-hydrogen) atoms. The van der Waals surface area contributed by atoms with E-state index in [0.29, 0.717) is 13.0 Å². The summed E-state index contributed by atoms with van der Waals surface area (Å²) in [5.41, 5.74) is 0. The van der Waals surface area contributed by atoms with Gasteiger partial charge in [0.1, 0.15) is 6.33 Å². The fourth-order valence-corrected chi connectivity index (χ4v) is 2.63. The molecule has 0 fully saturated rings. The molecular weight excluding hydrogens is 220 g/mol. The van der Waals surface area contributed by atoms with E-state index in [9.17, 15) is 4.79 Å². The van der Waals surface area contributed by atoms with E-state index in [1.807, 2.05) is 6.92 Å². The molecule has 6 heteroatoms. The van der Waals surface area contributed by atoms with Gasteiger partial charge in [-0.1, -0.05) is 18.7 Å². The number of rotatable bonds is 5. The Morgan fingerprint density at radius 3 is 3.14 bits per heavy atom. The van der Waals surface area contributed by atoms with Gasteiger partial charge in [-0.25, -0.2) is 4.98 Å². The molecule has 1 rings (SSSR count). The third-order valence-corrected chi connectivity index (χ3v) is 3.25. The number of esters is 1. The van der Waals surface area contributed by atoms with Crippen molar-refractivity contribution < 1.29 is 9.53 Å². The van der Waals surface area contributed by atoms with E-state index < -0.39 is 0 Å². The zero-order valence-corrected chi connectivity index (χ0v) is 9.73. The van der Waals surface area contributed by atoms with Crippen LogP contribution in [0.25, 0.3) is 0 Å². The fourth-order valence-electron chi connectivity index (χ4n) is 0.883. The lowest BCUT2D eigenvalue weighted by Gasteiger charge is -2.07. The molecule has 0 bridgehead atoms. The van der Waals surface area contributed by atoms with E-state index >= 15 is 0 Å². The first-order valence-corrected chi connectivity index (χ1v) is 5.96. The molecule has 1 aromatic rings. The summed E-state index contributed by atoms with van der Waals surface area (Å²) in [6.45, 7) is 4.22. The maximum atomic E-state index is 11.1. The molecule has 0 radical (unpaired) electrons. The van der Waals surface area contributed by atoms with E-state index in [0.717, 1.165) is 4.34 Å². The Kier molecular flexibility index (Phi) is 4.89. The summed E-state index contributed by atoms with van der Waals surface area (Å²) in [6.07, 6.45) is 1.93. The summed E-state index contributed by atoms with van der Waals surface area (Å²) >= 11 is 2.89. The number of thioether (sulfide) groups is 1. The monoisotopic (exact) mass is 232 g/mol. The first-order valence-electron chi connectivity index (χ1n) is 4.31. The summed E-state index contributed by atoms with van der Waals surface area (Å²) in [7, 11) is 0. The van der Waals surface area contributed by atoms with Crippen molar-refractivity contribution in [2.75, 3.05) is 6.61 Å². The average Bonchev–Trinajstić information content (AvgIpc) is 2.56. The van der Waals surface area contributed by atoms with Crippen molar-refractivity contribution in [1.29, 1.82) is 0 Å². The second-order valence-electron chi connectivity index (χ2n) is 2.64. The number of nitrogens with zero attached hydrogens (tertiary/aromatic N) is 2. The Labute approximate surface area is 91.2 Å². The average molecular weight is 232 g/mol. The molecule has 1 unspecified atom stereocenters. The Bertz CT molecular complexity index is 277. The van der Waals surface area contributed by atoms with Crippen molar-refractivity contribution in [1.82, 2.24) is 9.36 Å². The molecule has 0 aliphatic heterocycles. The smallest absolute Gasteiger partial charge is 0.306 e. The van der Waals surface area contributed by atoms with E-state index in [1.165, 1.54) is 17.9 Å². The molecule has 0 N–H and O–H groups in total. The molecule has 0 saturated carbocycles. The molecule has 1 atom stereocenters. The van der Waals surface area contributed by atoms with Crippen LogP contribution < -0.4 is 0 Å². The predicted molar refractivity (Wildman–Crippen MR) is 56.5 cm³/mol. The van der Waals surface area contributed by atoms with Crippen LogP contribution in [0.5, 0.6) is 0 Å². The van der Waals surface area contributed by atoms with Crippen LogP contribution >= 0.6 is 23.3 Å². The van der Waals surface area contributed by atoms with Crippen LogP contribution in [-0.4, -0.2) is 27.2 Å². The van der Waals surface area contributed by atoms with E-state index in [-0.39, 0.29) is 11.2 Å². The molecule has 1 aromatic heterocycles. The molecule has 1 heterocycles. The van der Waals surface area contributed by atoms with Gasteiger partial charge >= 0.3 is 5.97 Å². The third kappa shape index (κ3) is 4.06. The zero-order valence-electron chi connectivity index (χ0n) is 8.10. The molecule has 0 aromatic carbocycles. The SMILES string of the molecule is CCOC(=O)CC(C)Sc1ncns1. The molecule has 0 spiro atoms. The number of ether oxygens (including phenoxy) is 1. The van der Waals surface area contributed by atoms with Crippen molar-refractivity contribution in [3.8, 4) is 0 Å². The van der Waals surface area contributed by atoms with Gasteiger partial charge in [0.05, 0.1) is 13.0 Å². The second kappa shape index (κ2) is 5.98. The molecule has 4 nitrogen and oxygen atoms in total. The van der Waals surface area contributed by atoms with Crippen LogP contribution in [0, 0.1) is 0 Å². The first-order chi connectivity index (χ1) is 6.72. The van der Waals surface area contributed by atoms with Crippen LogP contribution in [0.1, 0.15) is 20.3 Å². The van der Waals surface area contributed by atoms with Crippen molar-refractivity contribution in [2.45, 2.75) is 29.9 Å².